The molecule has 1 heterocycles. The summed E-state index contributed by atoms with van der Waals surface area (Å²) in [6, 6.07) is 6.00. The molecule has 0 radical (unpaired) electrons. The second-order valence-corrected chi connectivity index (χ2v) is 4.04. The molecule has 0 saturated heterocycles. The molecular formula is C9H7ClS. The molecule has 0 nitrogen and oxygen atoms in total. The summed E-state index contributed by atoms with van der Waals surface area (Å²) in [7, 11) is 0. The second-order valence-electron chi connectivity index (χ2n) is 2.52. The molecule has 56 valence electrons. The van der Waals surface area contributed by atoms with Crippen LogP contribution in [0.1, 0.15) is 4.88 Å². The molecule has 0 spiro atoms. The Balaban J connectivity index is 2.87. The van der Waals surface area contributed by atoms with Crippen molar-refractivity contribution in [2.75, 3.05) is 0 Å². The minimum atomic E-state index is 0.819. The number of benzene rings is 1. The van der Waals surface area contributed by atoms with Crippen LogP contribution in [0.25, 0.3) is 10.8 Å². The Kier molecular flexibility index (Phi) is 1.63. The van der Waals surface area contributed by atoms with Gasteiger partial charge >= 0.3 is 0 Å². The second kappa shape index (κ2) is 2.50. The van der Waals surface area contributed by atoms with Crippen molar-refractivity contribution in [1.82, 2.24) is 0 Å². The Morgan fingerprint density at radius 3 is 3.00 bits per heavy atom. The molecule has 0 atom stereocenters. The molecule has 11 heavy (non-hydrogen) atoms. The third-order valence-electron chi connectivity index (χ3n) is 1.76. The average molecular weight is 183 g/mol. The first kappa shape index (κ1) is 7.14. The Hall–Kier alpha value is -0.530. The van der Waals surface area contributed by atoms with Gasteiger partial charge in [0.05, 0.1) is 0 Å². The molecule has 0 unspecified atom stereocenters. The fourth-order valence-electron chi connectivity index (χ4n) is 1.15. The van der Waals surface area contributed by atoms with Gasteiger partial charge in [0.25, 0.3) is 0 Å². The molecule has 2 rings (SSSR count). The monoisotopic (exact) mass is 182 g/mol. The largest absolute Gasteiger partial charge is 0.148 e. The van der Waals surface area contributed by atoms with Gasteiger partial charge in [-0.3, -0.25) is 0 Å². The predicted molar refractivity (Wildman–Crippen MR) is 51.6 cm³/mol. The van der Waals surface area contributed by atoms with E-state index in [1.165, 1.54) is 15.6 Å². The normalized spacial score (nSPS) is 10.7. The minimum absolute atomic E-state index is 0.819. The van der Waals surface area contributed by atoms with E-state index in [0.29, 0.717) is 0 Å². The Morgan fingerprint density at radius 2 is 2.18 bits per heavy atom. The number of fused-ring (bicyclic) bond motifs is 1. The molecular weight excluding hydrogens is 176 g/mol. The van der Waals surface area contributed by atoms with Crippen LogP contribution in [0.3, 0.4) is 0 Å². The minimum Gasteiger partial charge on any atom is -0.148 e. The van der Waals surface area contributed by atoms with Crippen LogP contribution in [0.5, 0.6) is 0 Å². The summed E-state index contributed by atoms with van der Waals surface area (Å²) in [4.78, 5) is 1.34. The van der Waals surface area contributed by atoms with E-state index in [4.69, 9.17) is 11.6 Å². The van der Waals surface area contributed by atoms with Gasteiger partial charge < -0.3 is 0 Å². The topological polar surface area (TPSA) is 0 Å². The maximum absolute atomic E-state index is 5.85. The van der Waals surface area contributed by atoms with E-state index in [1.807, 2.05) is 12.1 Å². The highest BCUT2D eigenvalue weighted by Crippen LogP contribution is 2.27. The van der Waals surface area contributed by atoms with E-state index < -0.39 is 0 Å². The Labute approximate surface area is 74.4 Å². The van der Waals surface area contributed by atoms with Crippen LogP contribution >= 0.6 is 22.9 Å². The van der Waals surface area contributed by atoms with Gasteiger partial charge in [-0.1, -0.05) is 17.7 Å². The first-order valence-electron chi connectivity index (χ1n) is 3.41. The summed E-state index contributed by atoms with van der Waals surface area (Å²) in [5.41, 5.74) is 0. The number of hydrogen-bond acceptors (Lipinski definition) is 1. The number of halogens is 1. The summed E-state index contributed by atoms with van der Waals surface area (Å²) >= 11 is 7.62. The van der Waals surface area contributed by atoms with Gasteiger partial charge in [0.15, 0.2) is 0 Å². The van der Waals surface area contributed by atoms with Crippen molar-refractivity contribution >= 4 is 33.7 Å². The van der Waals surface area contributed by atoms with Crippen LogP contribution in [0.15, 0.2) is 23.6 Å². The molecule has 0 aliphatic carbocycles. The van der Waals surface area contributed by atoms with Gasteiger partial charge in [0, 0.05) is 9.90 Å². The summed E-state index contributed by atoms with van der Waals surface area (Å²) in [5, 5.41) is 5.54. The van der Waals surface area contributed by atoms with Crippen LogP contribution < -0.4 is 0 Å². The molecule has 0 N–H and O–H groups in total. The number of hydrogen-bond donors (Lipinski definition) is 0. The van der Waals surface area contributed by atoms with Crippen molar-refractivity contribution in [3.05, 3.63) is 33.5 Å². The first-order chi connectivity index (χ1) is 5.27. The maximum atomic E-state index is 5.85. The average Bonchev–Trinajstić information content (AvgIpc) is 2.33. The SMILES string of the molecule is Cc1scc2ccc(Cl)cc12. The molecule has 0 aliphatic heterocycles. The smallest absolute Gasteiger partial charge is 0.0412 e. The third-order valence-corrected chi connectivity index (χ3v) is 2.94. The zero-order valence-electron chi connectivity index (χ0n) is 6.10. The van der Waals surface area contributed by atoms with Crippen molar-refractivity contribution in [3.63, 3.8) is 0 Å². The summed E-state index contributed by atoms with van der Waals surface area (Å²) in [6.07, 6.45) is 0. The summed E-state index contributed by atoms with van der Waals surface area (Å²) in [6.45, 7) is 2.11. The lowest BCUT2D eigenvalue weighted by Gasteiger charge is -1.91. The van der Waals surface area contributed by atoms with Crippen LogP contribution in [0.2, 0.25) is 5.02 Å². The van der Waals surface area contributed by atoms with E-state index in [9.17, 15) is 0 Å². The van der Waals surface area contributed by atoms with Crippen LogP contribution in [0.4, 0.5) is 0 Å². The molecule has 0 saturated carbocycles. The fourth-order valence-corrected chi connectivity index (χ4v) is 2.14. The third kappa shape index (κ3) is 1.15. The predicted octanol–water partition coefficient (Wildman–Crippen LogP) is 3.86. The summed E-state index contributed by atoms with van der Waals surface area (Å²) < 4.78 is 0. The lowest BCUT2D eigenvalue weighted by Crippen LogP contribution is -1.66. The van der Waals surface area contributed by atoms with Gasteiger partial charge in [-0.2, -0.15) is 0 Å². The molecule has 2 aromatic rings. The molecule has 2 heteroatoms. The first-order valence-corrected chi connectivity index (χ1v) is 4.66. The van der Waals surface area contributed by atoms with E-state index >= 15 is 0 Å². The molecule has 1 aromatic carbocycles. The lowest BCUT2D eigenvalue weighted by molar-refractivity contribution is 1.68. The van der Waals surface area contributed by atoms with E-state index in [1.54, 1.807) is 11.3 Å². The lowest BCUT2D eigenvalue weighted by atomic mass is 10.2. The zero-order chi connectivity index (χ0) is 7.84. The van der Waals surface area contributed by atoms with E-state index in [2.05, 4.69) is 18.4 Å². The van der Waals surface area contributed by atoms with Gasteiger partial charge in [-0.25, -0.2) is 0 Å². The van der Waals surface area contributed by atoms with Gasteiger partial charge in [-0.05, 0) is 35.2 Å². The molecule has 0 amide bonds. The quantitative estimate of drug-likeness (QED) is 0.581. The highest BCUT2D eigenvalue weighted by molar-refractivity contribution is 7.11. The zero-order valence-corrected chi connectivity index (χ0v) is 7.67. The molecule has 1 aromatic heterocycles. The fraction of sp³-hybridized carbons (Fsp3) is 0.111. The van der Waals surface area contributed by atoms with Crippen molar-refractivity contribution in [2.24, 2.45) is 0 Å². The van der Waals surface area contributed by atoms with Crippen molar-refractivity contribution in [1.29, 1.82) is 0 Å². The highest BCUT2D eigenvalue weighted by atomic mass is 35.5. The molecule has 0 aliphatic rings. The van der Waals surface area contributed by atoms with E-state index in [0.717, 1.165) is 5.02 Å². The van der Waals surface area contributed by atoms with Gasteiger partial charge in [-0.15, -0.1) is 11.3 Å². The highest BCUT2D eigenvalue weighted by Gasteiger charge is 1.98. The van der Waals surface area contributed by atoms with E-state index in [-0.39, 0.29) is 0 Å². The summed E-state index contributed by atoms with van der Waals surface area (Å²) in [5.74, 6) is 0. The molecule has 0 bridgehead atoms. The number of thiophene rings is 1. The van der Waals surface area contributed by atoms with Crippen LogP contribution in [-0.4, -0.2) is 0 Å². The van der Waals surface area contributed by atoms with Gasteiger partial charge in [0.2, 0.25) is 0 Å². The van der Waals surface area contributed by atoms with Crippen LogP contribution in [-0.2, 0) is 0 Å². The number of rotatable bonds is 0. The van der Waals surface area contributed by atoms with Crippen LogP contribution in [0, 0.1) is 6.92 Å². The van der Waals surface area contributed by atoms with Crippen molar-refractivity contribution in [3.8, 4) is 0 Å². The number of aryl methyl sites for hydroxylation is 1. The van der Waals surface area contributed by atoms with Gasteiger partial charge in [0.1, 0.15) is 0 Å². The Bertz CT molecular complexity index is 389. The maximum Gasteiger partial charge on any atom is 0.0412 e. The van der Waals surface area contributed by atoms with Crippen molar-refractivity contribution in [2.45, 2.75) is 6.92 Å². The Morgan fingerprint density at radius 1 is 1.36 bits per heavy atom. The standard InChI is InChI=1S/C9H7ClS/c1-6-9-4-8(10)3-2-7(9)5-11-6/h2-5H,1H3. The molecule has 0 fully saturated rings. The van der Waals surface area contributed by atoms with Crippen molar-refractivity contribution < 1.29 is 0 Å².